The minimum atomic E-state index is -3.88. The van der Waals surface area contributed by atoms with Crippen LogP contribution in [0.5, 0.6) is 0 Å². The van der Waals surface area contributed by atoms with E-state index in [9.17, 15) is 8.42 Å². The maximum atomic E-state index is 12.4. The van der Waals surface area contributed by atoms with E-state index in [1.807, 2.05) is 37.3 Å². The summed E-state index contributed by atoms with van der Waals surface area (Å²) in [5, 5.41) is 8.25. The van der Waals surface area contributed by atoms with E-state index in [0.717, 1.165) is 11.1 Å². The maximum Gasteiger partial charge on any atom is 0.297 e. The van der Waals surface area contributed by atoms with E-state index in [-0.39, 0.29) is 24.7 Å². The van der Waals surface area contributed by atoms with Gasteiger partial charge in [0.25, 0.3) is 10.1 Å². The van der Waals surface area contributed by atoms with Gasteiger partial charge in [0.05, 0.1) is 30.5 Å². The summed E-state index contributed by atoms with van der Waals surface area (Å²) in [6.07, 6.45) is 2.58. The number of benzene rings is 2. The third kappa shape index (κ3) is 4.38. The Hall–Kier alpha value is -2.59. The Bertz CT molecular complexity index is 1040. The van der Waals surface area contributed by atoms with E-state index in [4.69, 9.17) is 13.7 Å². The normalized spacial score (nSPS) is 22.0. The van der Waals surface area contributed by atoms with Crippen LogP contribution in [0, 0.1) is 6.92 Å². The van der Waals surface area contributed by atoms with Gasteiger partial charge < -0.3 is 9.47 Å². The minimum Gasteiger partial charge on any atom is -0.342 e. The van der Waals surface area contributed by atoms with Gasteiger partial charge in [-0.3, -0.25) is 4.18 Å². The second-order valence-electron chi connectivity index (χ2n) is 6.78. The quantitative estimate of drug-likeness (QED) is 0.547. The molecule has 1 aromatic heterocycles. The SMILES string of the molecule is Cc1ccc(S(=O)(=O)OCC2COC(Cn3nccn3)(c3ccccc3)O2)cc1. The van der Waals surface area contributed by atoms with Crippen molar-refractivity contribution in [1.82, 2.24) is 15.0 Å². The van der Waals surface area contributed by atoms with E-state index in [1.165, 1.54) is 16.9 Å². The summed E-state index contributed by atoms with van der Waals surface area (Å²) in [6.45, 7) is 2.14. The molecule has 1 fully saturated rings. The van der Waals surface area contributed by atoms with Gasteiger partial charge in [-0.05, 0) is 19.1 Å². The van der Waals surface area contributed by atoms with Crippen LogP contribution in [0.2, 0.25) is 0 Å². The second-order valence-corrected chi connectivity index (χ2v) is 8.40. The van der Waals surface area contributed by atoms with Crippen molar-refractivity contribution < 1.29 is 22.1 Å². The van der Waals surface area contributed by atoms with E-state index >= 15 is 0 Å². The van der Waals surface area contributed by atoms with E-state index in [0.29, 0.717) is 0 Å². The van der Waals surface area contributed by atoms with Gasteiger partial charge in [0.2, 0.25) is 5.79 Å². The molecule has 8 nitrogen and oxygen atoms in total. The van der Waals surface area contributed by atoms with Gasteiger partial charge in [-0.2, -0.15) is 23.4 Å². The highest BCUT2D eigenvalue weighted by atomic mass is 32.2. The maximum absolute atomic E-state index is 12.4. The summed E-state index contributed by atoms with van der Waals surface area (Å²) < 4.78 is 42.3. The molecule has 0 aliphatic carbocycles. The predicted octanol–water partition coefficient (Wildman–Crippen LogP) is 2.26. The van der Waals surface area contributed by atoms with Crippen LogP contribution in [0.4, 0.5) is 0 Å². The Morgan fingerprint density at radius 2 is 1.79 bits per heavy atom. The van der Waals surface area contributed by atoms with Crippen molar-refractivity contribution in [2.45, 2.75) is 30.3 Å². The topological polar surface area (TPSA) is 92.5 Å². The molecule has 0 N–H and O–H groups in total. The monoisotopic (exact) mass is 415 g/mol. The average Bonchev–Trinajstić information content (AvgIpc) is 3.39. The molecular formula is C20H21N3O5S. The molecule has 9 heteroatoms. The van der Waals surface area contributed by atoms with Gasteiger partial charge in [-0.25, -0.2) is 0 Å². The van der Waals surface area contributed by atoms with Crippen molar-refractivity contribution in [1.29, 1.82) is 0 Å². The molecule has 0 bridgehead atoms. The van der Waals surface area contributed by atoms with Crippen LogP contribution in [0.25, 0.3) is 0 Å². The van der Waals surface area contributed by atoms with Crippen LogP contribution >= 0.6 is 0 Å². The molecule has 1 aliphatic rings. The van der Waals surface area contributed by atoms with Crippen molar-refractivity contribution in [3.05, 3.63) is 78.1 Å². The molecule has 2 atom stereocenters. The zero-order chi connectivity index (χ0) is 20.3. The zero-order valence-electron chi connectivity index (χ0n) is 15.8. The van der Waals surface area contributed by atoms with E-state index < -0.39 is 22.0 Å². The molecule has 0 spiro atoms. The molecule has 2 heterocycles. The third-order valence-corrected chi connectivity index (χ3v) is 5.90. The molecule has 152 valence electrons. The number of ether oxygens (including phenoxy) is 2. The standard InChI is InChI=1S/C20H21N3O5S/c1-16-7-9-19(10-8-16)29(24,25)27-14-18-13-26-20(28-18,15-23-21-11-12-22-23)17-5-3-2-4-6-17/h2-12,18H,13-15H2,1H3. The van der Waals surface area contributed by atoms with Crippen molar-refractivity contribution in [3.8, 4) is 0 Å². The first-order valence-corrected chi connectivity index (χ1v) is 10.6. The first-order chi connectivity index (χ1) is 14.0. The molecule has 29 heavy (non-hydrogen) atoms. The van der Waals surface area contributed by atoms with Gasteiger partial charge in [0.15, 0.2) is 0 Å². The van der Waals surface area contributed by atoms with Crippen molar-refractivity contribution >= 4 is 10.1 Å². The van der Waals surface area contributed by atoms with Crippen molar-refractivity contribution in [2.24, 2.45) is 0 Å². The number of rotatable bonds is 7. The summed E-state index contributed by atoms with van der Waals surface area (Å²) in [6, 6.07) is 15.9. The number of hydrogen-bond acceptors (Lipinski definition) is 7. The van der Waals surface area contributed by atoms with Gasteiger partial charge in [0.1, 0.15) is 12.6 Å². The lowest BCUT2D eigenvalue weighted by atomic mass is 10.1. The highest BCUT2D eigenvalue weighted by Crippen LogP contribution is 2.36. The summed E-state index contributed by atoms with van der Waals surface area (Å²) in [5.74, 6) is -1.12. The van der Waals surface area contributed by atoms with E-state index in [1.54, 1.807) is 24.5 Å². The second kappa shape index (κ2) is 8.03. The molecule has 2 unspecified atom stereocenters. The molecule has 4 rings (SSSR count). The van der Waals surface area contributed by atoms with Gasteiger partial charge in [-0.15, -0.1) is 0 Å². The molecule has 1 aliphatic heterocycles. The molecule has 0 radical (unpaired) electrons. The molecule has 0 amide bonds. The summed E-state index contributed by atoms with van der Waals surface area (Å²) >= 11 is 0. The highest BCUT2D eigenvalue weighted by molar-refractivity contribution is 7.86. The predicted molar refractivity (Wildman–Crippen MR) is 103 cm³/mol. The fourth-order valence-electron chi connectivity index (χ4n) is 3.11. The Morgan fingerprint density at radius 3 is 2.48 bits per heavy atom. The Labute approximate surface area is 169 Å². The minimum absolute atomic E-state index is 0.108. The summed E-state index contributed by atoms with van der Waals surface area (Å²) in [4.78, 5) is 1.58. The number of aryl methyl sites for hydroxylation is 1. The van der Waals surface area contributed by atoms with Crippen LogP contribution in [-0.4, -0.2) is 42.7 Å². The third-order valence-electron chi connectivity index (χ3n) is 4.61. The molecule has 1 saturated heterocycles. The largest absolute Gasteiger partial charge is 0.342 e. The van der Waals surface area contributed by atoms with Crippen LogP contribution in [0.15, 0.2) is 71.9 Å². The zero-order valence-corrected chi connectivity index (χ0v) is 16.7. The lowest BCUT2D eigenvalue weighted by molar-refractivity contribution is -0.192. The molecule has 0 saturated carbocycles. The fraction of sp³-hybridized carbons (Fsp3) is 0.300. The van der Waals surface area contributed by atoms with Gasteiger partial charge >= 0.3 is 0 Å². The Morgan fingerprint density at radius 1 is 1.10 bits per heavy atom. The smallest absolute Gasteiger partial charge is 0.297 e. The van der Waals surface area contributed by atoms with Crippen LogP contribution in [0.1, 0.15) is 11.1 Å². The Kier molecular flexibility index (Phi) is 5.46. The van der Waals surface area contributed by atoms with Crippen LogP contribution in [0.3, 0.4) is 0 Å². The number of hydrogen-bond donors (Lipinski definition) is 0. The van der Waals surface area contributed by atoms with Crippen molar-refractivity contribution in [3.63, 3.8) is 0 Å². The van der Waals surface area contributed by atoms with Crippen LogP contribution in [-0.2, 0) is 36.1 Å². The summed E-state index contributed by atoms with van der Waals surface area (Å²) in [5.41, 5.74) is 1.76. The number of aromatic nitrogens is 3. The molecule has 3 aromatic rings. The average molecular weight is 415 g/mol. The fourth-order valence-corrected chi connectivity index (χ4v) is 4.05. The summed E-state index contributed by atoms with van der Waals surface area (Å²) in [7, 11) is -3.88. The van der Waals surface area contributed by atoms with Crippen molar-refractivity contribution in [2.75, 3.05) is 13.2 Å². The van der Waals surface area contributed by atoms with Gasteiger partial charge in [-0.1, -0.05) is 48.0 Å². The lowest BCUT2D eigenvalue weighted by Gasteiger charge is -2.28. The molecular weight excluding hydrogens is 394 g/mol. The van der Waals surface area contributed by atoms with E-state index in [2.05, 4.69) is 10.2 Å². The molecule has 2 aromatic carbocycles. The van der Waals surface area contributed by atoms with Gasteiger partial charge in [0, 0.05) is 5.56 Å². The first-order valence-electron chi connectivity index (χ1n) is 9.14. The number of nitrogens with zero attached hydrogens (tertiary/aromatic N) is 3. The van der Waals surface area contributed by atoms with Crippen LogP contribution < -0.4 is 0 Å². The highest BCUT2D eigenvalue weighted by Gasteiger charge is 2.44. The lowest BCUT2D eigenvalue weighted by Crippen LogP contribution is -2.35. The first kappa shape index (κ1) is 19.7. The Balaban J connectivity index is 1.48.